The Kier molecular flexibility index (Phi) is 8.98. The van der Waals surface area contributed by atoms with Crippen LogP contribution < -0.4 is 0 Å². The molecular formula is C31H30N2O5. The zero-order chi connectivity index (χ0) is 26.9. The number of carbonyl (C=O) groups excluding carboxylic acids is 1. The second kappa shape index (κ2) is 12.8. The maximum Gasteiger partial charge on any atom is 0.344 e. The van der Waals surface area contributed by atoms with Crippen LogP contribution in [0.3, 0.4) is 0 Å². The first kappa shape index (κ1) is 26.7. The van der Waals surface area contributed by atoms with Gasteiger partial charge in [-0.3, -0.25) is 15.0 Å². The summed E-state index contributed by atoms with van der Waals surface area (Å²) in [4.78, 5) is 25.0. The number of nitro groups is 1. The van der Waals surface area contributed by atoms with Gasteiger partial charge in [-0.25, -0.2) is 4.79 Å². The molecule has 7 heteroatoms. The van der Waals surface area contributed by atoms with Gasteiger partial charge in [-0.05, 0) is 40.3 Å². The predicted molar refractivity (Wildman–Crippen MR) is 147 cm³/mol. The van der Waals surface area contributed by atoms with E-state index in [1.165, 1.54) is 24.8 Å². The number of aliphatic hydroxyl groups excluding tert-OH is 1. The summed E-state index contributed by atoms with van der Waals surface area (Å²) in [6.07, 6.45) is 0.182. The number of hydrogen-bond acceptors (Lipinski definition) is 6. The normalized spacial score (nSPS) is 11.8. The van der Waals surface area contributed by atoms with Crippen molar-refractivity contribution in [2.75, 3.05) is 20.2 Å². The number of ether oxygens (including phenoxy) is 1. The molecule has 4 rings (SSSR count). The van der Waals surface area contributed by atoms with Gasteiger partial charge < -0.3 is 9.84 Å². The molecule has 4 aromatic carbocycles. The van der Waals surface area contributed by atoms with Gasteiger partial charge in [-0.2, -0.15) is 0 Å². The van der Waals surface area contributed by atoms with Crippen molar-refractivity contribution in [2.45, 2.75) is 19.1 Å². The van der Waals surface area contributed by atoms with E-state index in [0.29, 0.717) is 12.1 Å². The quantitative estimate of drug-likeness (QED) is 0.155. The summed E-state index contributed by atoms with van der Waals surface area (Å²) >= 11 is 0. The number of esters is 1. The third-order valence-corrected chi connectivity index (χ3v) is 6.47. The molecule has 0 bridgehead atoms. The van der Waals surface area contributed by atoms with Gasteiger partial charge in [0.1, 0.15) is 5.56 Å². The minimum Gasteiger partial charge on any atom is -0.465 e. The largest absolute Gasteiger partial charge is 0.465 e. The first-order chi connectivity index (χ1) is 18.4. The average molecular weight is 511 g/mol. The molecule has 38 heavy (non-hydrogen) atoms. The molecule has 4 aromatic rings. The van der Waals surface area contributed by atoms with Crippen LogP contribution in [0.4, 0.5) is 5.69 Å². The van der Waals surface area contributed by atoms with Crippen LogP contribution in [0.2, 0.25) is 0 Å². The molecule has 0 aliphatic carbocycles. The van der Waals surface area contributed by atoms with Gasteiger partial charge >= 0.3 is 5.97 Å². The van der Waals surface area contributed by atoms with Crippen LogP contribution in [0.5, 0.6) is 0 Å². The molecule has 0 saturated heterocycles. The molecule has 1 atom stereocenters. The highest BCUT2D eigenvalue weighted by molar-refractivity contribution is 5.94. The molecule has 0 aliphatic rings. The molecule has 0 heterocycles. The van der Waals surface area contributed by atoms with Gasteiger partial charge in [0, 0.05) is 25.7 Å². The van der Waals surface area contributed by atoms with Crippen LogP contribution in [0.1, 0.15) is 33.2 Å². The molecule has 0 fully saturated rings. The van der Waals surface area contributed by atoms with E-state index >= 15 is 0 Å². The molecular weight excluding hydrogens is 480 g/mol. The standard InChI is InChI=1S/C31H30N2O5/c1-38-31(35)28-17-16-27(20-29(28)33(36)37)25-14-12-23(13-15-25)18-19-32(21-24-8-4-2-5-9-24)22-30(34)26-10-6-3-7-11-26/h2-17,20,30,34H,18-19,21-22H2,1H3/t30-/m0/s1. The van der Waals surface area contributed by atoms with Crippen LogP contribution in [0.15, 0.2) is 103 Å². The highest BCUT2D eigenvalue weighted by Crippen LogP contribution is 2.28. The third-order valence-electron chi connectivity index (χ3n) is 6.47. The van der Waals surface area contributed by atoms with Crippen molar-refractivity contribution in [3.05, 3.63) is 135 Å². The highest BCUT2D eigenvalue weighted by atomic mass is 16.6. The summed E-state index contributed by atoms with van der Waals surface area (Å²) in [7, 11) is 1.20. The van der Waals surface area contributed by atoms with Crippen LogP contribution in [0.25, 0.3) is 11.1 Å². The number of benzene rings is 4. The molecule has 0 aromatic heterocycles. The number of aliphatic hydroxyl groups is 1. The fourth-order valence-electron chi connectivity index (χ4n) is 4.40. The molecule has 0 saturated carbocycles. The van der Waals surface area contributed by atoms with Gasteiger partial charge in [-0.1, -0.05) is 91.0 Å². The number of rotatable bonds is 11. The zero-order valence-electron chi connectivity index (χ0n) is 21.2. The molecule has 0 amide bonds. The topological polar surface area (TPSA) is 92.9 Å². The van der Waals surface area contributed by atoms with E-state index in [1.54, 1.807) is 6.07 Å². The second-order valence-corrected chi connectivity index (χ2v) is 9.07. The monoisotopic (exact) mass is 510 g/mol. The Labute approximate surface area is 222 Å². The Bertz CT molecular complexity index is 1360. The Morgan fingerprint density at radius 1 is 0.895 bits per heavy atom. The van der Waals surface area contributed by atoms with Crippen LogP contribution in [-0.4, -0.2) is 41.1 Å². The first-order valence-electron chi connectivity index (χ1n) is 12.4. The first-order valence-corrected chi connectivity index (χ1v) is 12.4. The Morgan fingerprint density at radius 2 is 1.53 bits per heavy atom. The maximum atomic E-state index is 11.9. The molecule has 194 valence electrons. The number of nitrogens with zero attached hydrogens (tertiary/aromatic N) is 2. The lowest BCUT2D eigenvalue weighted by Crippen LogP contribution is -2.30. The van der Waals surface area contributed by atoms with E-state index in [4.69, 9.17) is 0 Å². The van der Waals surface area contributed by atoms with E-state index in [2.05, 4.69) is 21.8 Å². The second-order valence-electron chi connectivity index (χ2n) is 9.07. The lowest BCUT2D eigenvalue weighted by atomic mass is 10.00. The lowest BCUT2D eigenvalue weighted by Gasteiger charge is -2.25. The maximum absolute atomic E-state index is 11.9. The van der Waals surface area contributed by atoms with Gasteiger partial charge in [0.15, 0.2) is 0 Å². The summed E-state index contributed by atoms with van der Waals surface area (Å²) < 4.78 is 4.66. The van der Waals surface area contributed by atoms with Crippen LogP contribution >= 0.6 is 0 Å². The van der Waals surface area contributed by atoms with Gasteiger partial charge in [-0.15, -0.1) is 0 Å². The Morgan fingerprint density at radius 3 is 2.16 bits per heavy atom. The molecule has 0 unspecified atom stereocenters. The molecule has 0 radical (unpaired) electrons. The molecule has 1 N–H and O–H groups in total. The SMILES string of the molecule is COC(=O)c1ccc(-c2ccc(CCN(Cc3ccccc3)C[C@H](O)c3ccccc3)cc2)cc1[N+](=O)[O-]. The van der Waals surface area contributed by atoms with Crippen molar-refractivity contribution < 1.29 is 19.6 Å². The third kappa shape index (κ3) is 6.91. The van der Waals surface area contributed by atoms with Crippen molar-refractivity contribution >= 4 is 11.7 Å². The summed E-state index contributed by atoms with van der Waals surface area (Å²) in [6.45, 7) is 1.98. The van der Waals surface area contributed by atoms with E-state index in [1.807, 2.05) is 72.8 Å². The summed E-state index contributed by atoms with van der Waals surface area (Å²) in [6, 6.07) is 32.2. The minimum absolute atomic E-state index is 0.0749. The highest BCUT2D eigenvalue weighted by Gasteiger charge is 2.21. The molecule has 7 nitrogen and oxygen atoms in total. The number of hydrogen-bond donors (Lipinski definition) is 1. The molecule has 0 aliphatic heterocycles. The van der Waals surface area contributed by atoms with Crippen LogP contribution in [0, 0.1) is 10.1 Å². The number of methoxy groups -OCH3 is 1. The fourth-order valence-corrected chi connectivity index (χ4v) is 4.40. The van der Waals surface area contributed by atoms with Gasteiger partial charge in [0.05, 0.1) is 18.1 Å². The van der Waals surface area contributed by atoms with Crippen molar-refractivity contribution in [1.82, 2.24) is 4.90 Å². The summed E-state index contributed by atoms with van der Waals surface area (Å²) in [5.41, 5.74) is 4.28. The van der Waals surface area contributed by atoms with Gasteiger partial charge in [0.25, 0.3) is 5.69 Å². The Balaban J connectivity index is 1.47. The van der Waals surface area contributed by atoms with Crippen LogP contribution in [-0.2, 0) is 17.7 Å². The summed E-state index contributed by atoms with van der Waals surface area (Å²) in [5.74, 6) is -0.740. The fraction of sp³-hybridized carbons (Fsp3) is 0.194. The summed E-state index contributed by atoms with van der Waals surface area (Å²) in [5, 5.41) is 22.3. The number of nitro benzene ring substituents is 1. The average Bonchev–Trinajstić information content (AvgIpc) is 2.96. The lowest BCUT2D eigenvalue weighted by molar-refractivity contribution is -0.385. The molecule has 0 spiro atoms. The van der Waals surface area contributed by atoms with E-state index in [0.717, 1.165) is 36.2 Å². The van der Waals surface area contributed by atoms with Crippen molar-refractivity contribution in [3.63, 3.8) is 0 Å². The predicted octanol–water partition coefficient (Wildman–Crippen LogP) is 5.83. The zero-order valence-corrected chi connectivity index (χ0v) is 21.2. The van der Waals surface area contributed by atoms with Crippen molar-refractivity contribution in [3.8, 4) is 11.1 Å². The Hall–Kier alpha value is -4.33. The minimum atomic E-state index is -0.740. The van der Waals surface area contributed by atoms with Crippen molar-refractivity contribution in [1.29, 1.82) is 0 Å². The van der Waals surface area contributed by atoms with Gasteiger partial charge in [0.2, 0.25) is 0 Å². The van der Waals surface area contributed by atoms with E-state index in [-0.39, 0.29) is 11.3 Å². The van der Waals surface area contributed by atoms with E-state index < -0.39 is 17.0 Å². The smallest absolute Gasteiger partial charge is 0.344 e. The number of carbonyl (C=O) groups is 1. The van der Waals surface area contributed by atoms with E-state index in [9.17, 15) is 20.0 Å². The van der Waals surface area contributed by atoms with Crippen molar-refractivity contribution in [2.24, 2.45) is 0 Å².